The Balaban J connectivity index is 3.47. The molecule has 0 saturated heterocycles. The van der Waals surface area contributed by atoms with E-state index < -0.39 is 34.9 Å². The van der Waals surface area contributed by atoms with Crippen LogP contribution in [0.5, 0.6) is 0 Å². The molecule has 0 saturated carbocycles. The SMILES string of the molecule is CCN(CC)C(C)(C)[C@H](C)c1cc(C(F)(F)F)cc(C(F)(F)F)c1. The molecule has 7 heteroatoms. The topological polar surface area (TPSA) is 3.24 Å². The maximum atomic E-state index is 13.0. The van der Waals surface area contributed by atoms with Crippen LogP contribution in [0.4, 0.5) is 26.3 Å². The first-order chi connectivity index (χ1) is 10.7. The zero-order chi connectivity index (χ0) is 18.9. The van der Waals surface area contributed by atoms with Gasteiger partial charge in [0.25, 0.3) is 0 Å². The average molecular weight is 355 g/mol. The summed E-state index contributed by atoms with van der Waals surface area (Å²) in [5, 5.41) is 0. The van der Waals surface area contributed by atoms with Crippen LogP contribution in [0.1, 0.15) is 57.2 Å². The molecule has 0 aliphatic rings. The lowest BCUT2D eigenvalue weighted by Gasteiger charge is -2.42. The molecule has 0 N–H and O–H groups in total. The molecular weight excluding hydrogens is 332 g/mol. The molecule has 0 spiro atoms. The van der Waals surface area contributed by atoms with Gasteiger partial charge in [0.1, 0.15) is 0 Å². The van der Waals surface area contributed by atoms with Crippen LogP contribution >= 0.6 is 0 Å². The zero-order valence-corrected chi connectivity index (χ0v) is 14.4. The van der Waals surface area contributed by atoms with Gasteiger partial charge in [-0.25, -0.2) is 0 Å². The van der Waals surface area contributed by atoms with Crippen molar-refractivity contribution in [2.24, 2.45) is 0 Å². The quantitative estimate of drug-likeness (QED) is 0.590. The van der Waals surface area contributed by atoms with Crippen LogP contribution in [0.2, 0.25) is 0 Å². The number of likely N-dealkylation sites (N-methyl/N-ethyl adjacent to an activating group) is 1. The van der Waals surface area contributed by atoms with Crippen molar-refractivity contribution in [3.63, 3.8) is 0 Å². The van der Waals surface area contributed by atoms with E-state index in [2.05, 4.69) is 0 Å². The monoisotopic (exact) mass is 355 g/mol. The van der Waals surface area contributed by atoms with E-state index in [1.54, 1.807) is 6.92 Å². The number of rotatable bonds is 5. The lowest BCUT2D eigenvalue weighted by Crippen LogP contribution is -2.47. The van der Waals surface area contributed by atoms with Crippen LogP contribution in [-0.2, 0) is 12.4 Å². The fraction of sp³-hybridized carbons (Fsp3) is 0.647. The van der Waals surface area contributed by atoms with Gasteiger partial charge in [-0.1, -0.05) is 20.8 Å². The normalized spacial score (nSPS) is 15.0. The predicted molar refractivity (Wildman–Crippen MR) is 81.9 cm³/mol. The standard InChI is InChI=1S/C17H23F6N/c1-6-24(7-2)15(4,5)11(3)12-8-13(16(18,19)20)10-14(9-12)17(21,22)23/h8-11H,6-7H2,1-5H3/t11-/m1/s1. The summed E-state index contributed by atoms with van der Waals surface area (Å²) in [6, 6.07) is 1.82. The largest absolute Gasteiger partial charge is 0.416 e. The van der Waals surface area contributed by atoms with Gasteiger partial charge in [-0.2, -0.15) is 26.3 Å². The summed E-state index contributed by atoms with van der Waals surface area (Å²) >= 11 is 0. The van der Waals surface area contributed by atoms with Crippen LogP contribution in [0.25, 0.3) is 0 Å². The highest BCUT2D eigenvalue weighted by Gasteiger charge is 2.39. The second-order valence-corrected chi connectivity index (χ2v) is 6.39. The number of nitrogens with zero attached hydrogens (tertiary/aromatic N) is 1. The van der Waals surface area contributed by atoms with Gasteiger partial charge in [-0.15, -0.1) is 0 Å². The second kappa shape index (κ2) is 6.94. The molecule has 1 rings (SSSR count). The number of hydrogen-bond donors (Lipinski definition) is 0. The molecule has 0 unspecified atom stereocenters. The summed E-state index contributed by atoms with van der Waals surface area (Å²) in [4.78, 5) is 2.02. The van der Waals surface area contributed by atoms with Crippen LogP contribution in [0, 0.1) is 0 Å². The Bertz CT molecular complexity index is 523. The number of halogens is 6. The van der Waals surface area contributed by atoms with Crippen molar-refractivity contribution in [2.75, 3.05) is 13.1 Å². The third-order valence-corrected chi connectivity index (χ3v) is 4.75. The molecule has 0 amide bonds. The molecule has 138 valence electrons. The van der Waals surface area contributed by atoms with Crippen molar-refractivity contribution in [1.82, 2.24) is 4.90 Å². The molecule has 1 aromatic carbocycles. The highest BCUT2D eigenvalue weighted by Crippen LogP contribution is 2.40. The Morgan fingerprint density at radius 2 is 1.21 bits per heavy atom. The molecule has 0 bridgehead atoms. The average Bonchev–Trinajstić information content (AvgIpc) is 2.45. The molecule has 0 radical (unpaired) electrons. The lowest BCUT2D eigenvalue weighted by atomic mass is 9.80. The maximum absolute atomic E-state index is 13.0. The van der Waals surface area contributed by atoms with Gasteiger partial charge in [0, 0.05) is 5.54 Å². The van der Waals surface area contributed by atoms with Gasteiger partial charge in [0.05, 0.1) is 11.1 Å². The molecule has 0 aliphatic heterocycles. The Hall–Kier alpha value is -1.24. The van der Waals surface area contributed by atoms with Crippen molar-refractivity contribution >= 4 is 0 Å². The Labute approximate surface area is 138 Å². The predicted octanol–water partition coefficient (Wildman–Crippen LogP) is 5.95. The summed E-state index contributed by atoms with van der Waals surface area (Å²) < 4.78 is 78.1. The second-order valence-electron chi connectivity index (χ2n) is 6.39. The molecule has 0 fully saturated rings. The van der Waals surface area contributed by atoms with Crippen LogP contribution in [-0.4, -0.2) is 23.5 Å². The summed E-state index contributed by atoms with van der Waals surface area (Å²) in [5.74, 6) is -0.513. The van der Waals surface area contributed by atoms with E-state index in [0.717, 1.165) is 12.1 Å². The van der Waals surface area contributed by atoms with Crippen LogP contribution in [0.3, 0.4) is 0 Å². The van der Waals surface area contributed by atoms with Gasteiger partial charge in [-0.05, 0) is 56.6 Å². The van der Waals surface area contributed by atoms with Crippen molar-refractivity contribution in [3.8, 4) is 0 Å². The number of benzene rings is 1. The number of hydrogen-bond acceptors (Lipinski definition) is 1. The van der Waals surface area contributed by atoms with Crippen molar-refractivity contribution in [3.05, 3.63) is 34.9 Å². The minimum Gasteiger partial charge on any atom is -0.298 e. The van der Waals surface area contributed by atoms with Crippen molar-refractivity contribution in [2.45, 2.75) is 58.4 Å². The first kappa shape index (κ1) is 20.8. The van der Waals surface area contributed by atoms with Gasteiger partial charge in [0.2, 0.25) is 0 Å². The molecule has 0 aliphatic carbocycles. The van der Waals surface area contributed by atoms with E-state index in [4.69, 9.17) is 0 Å². The third-order valence-electron chi connectivity index (χ3n) is 4.75. The lowest BCUT2D eigenvalue weighted by molar-refractivity contribution is -0.143. The molecule has 24 heavy (non-hydrogen) atoms. The number of alkyl halides is 6. The van der Waals surface area contributed by atoms with E-state index in [-0.39, 0.29) is 11.6 Å². The first-order valence-electron chi connectivity index (χ1n) is 7.79. The fourth-order valence-electron chi connectivity index (χ4n) is 2.95. The van der Waals surface area contributed by atoms with Gasteiger partial charge >= 0.3 is 12.4 Å². The summed E-state index contributed by atoms with van der Waals surface area (Å²) in [5.41, 5.74) is -3.09. The molecule has 1 aromatic rings. The van der Waals surface area contributed by atoms with Gasteiger partial charge < -0.3 is 0 Å². The summed E-state index contributed by atoms with van der Waals surface area (Å²) in [7, 11) is 0. The van der Waals surface area contributed by atoms with Crippen molar-refractivity contribution in [1.29, 1.82) is 0 Å². The molecule has 0 heterocycles. The van der Waals surface area contributed by atoms with E-state index in [0.29, 0.717) is 13.1 Å². The summed E-state index contributed by atoms with van der Waals surface area (Å²) in [6.45, 7) is 10.4. The maximum Gasteiger partial charge on any atom is 0.416 e. The molecule has 1 atom stereocenters. The van der Waals surface area contributed by atoms with Crippen LogP contribution in [0.15, 0.2) is 18.2 Å². The highest BCUT2D eigenvalue weighted by molar-refractivity contribution is 5.36. The van der Waals surface area contributed by atoms with Gasteiger partial charge in [0.15, 0.2) is 0 Å². The Kier molecular flexibility index (Phi) is 6.02. The van der Waals surface area contributed by atoms with Crippen molar-refractivity contribution < 1.29 is 26.3 Å². The third kappa shape index (κ3) is 4.43. The Morgan fingerprint density at radius 3 is 1.50 bits per heavy atom. The van der Waals surface area contributed by atoms with E-state index in [1.807, 2.05) is 32.6 Å². The first-order valence-corrected chi connectivity index (χ1v) is 7.79. The van der Waals surface area contributed by atoms with Crippen LogP contribution < -0.4 is 0 Å². The molecular formula is C17H23F6N. The summed E-state index contributed by atoms with van der Waals surface area (Å²) in [6.07, 6.45) is -9.65. The van der Waals surface area contributed by atoms with E-state index >= 15 is 0 Å². The minimum absolute atomic E-state index is 0.0362. The fourth-order valence-corrected chi connectivity index (χ4v) is 2.95. The van der Waals surface area contributed by atoms with Gasteiger partial charge in [-0.3, -0.25) is 4.90 Å². The highest BCUT2D eigenvalue weighted by atomic mass is 19.4. The minimum atomic E-state index is -4.82. The Morgan fingerprint density at radius 1 is 0.833 bits per heavy atom. The molecule has 0 aromatic heterocycles. The zero-order valence-electron chi connectivity index (χ0n) is 14.4. The van der Waals surface area contributed by atoms with E-state index in [1.165, 1.54) is 0 Å². The smallest absolute Gasteiger partial charge is 0.298 e. The molecule has 1 nitrogen and oxygen atoms in total. The van der Waals surface area contributed by atoms with E-state index in [9.17, 15) is 26.3 Å².